The van der Waals surface area contributed by atoms with Crippen molar-refractivity contribution in [2.24, 2.45) is 0 Å². The molecule has 2 heterocycles. The van der Waals surface area contributed by atoms with Gasteiger partial charge in [0, 0.05) is 6.54 Å². The normalized spacial score (nSPS) is 27.5. The first-order valence-electron chi connectivity index (χ1n) is 7.22. The Hall–Kier alpha value is -2.30. The van der Waals surface area contributed by atoms with E-state index in [9.17, 15) is 10.1 Å². The lowest BCUT2D eigenvalue weighted by Gasteiger charge is -2.32. The van der Waals surface area contributed by atoms with Crippen molar-refractivity contribution in [3.05, 3.63) is 35.4 Å². The van der Waals surface area contributed by atoms with Gasteiger partial charge in [-0.1, -0.05) is 30.2 Å². The number of fused-ring (bicyclic) bond motifs is 1. The SMILES string of the molecule is C#C[C@@H]1CC[C@@H](C#N)N1C(=O)C1Cc2ccccc2CN1. The average molecular weight is 279 g/mol. The van der Waals surface area contributed by atoms with E-state index in [0.29, 0.717) is 25.8 Å². The van der Waals surface area contributed by atoms with Crippen LogP contribution >= 0.6 is 0 Å². The fraction of sp³-hybridized carbons (Fsp3) is 0.412. The molecule has 0 saturated carbocycles. The number of rotatable bonds is 1. The van der Waals surface area contributed by atoms with E-state index < -0.39 is 6.04 Å². The molecule has 0 aliphatic carbocycles. The van der Waals surface area contributed by atoms with Crippen molar-refractivity contribution in [1.29, 1.82) is 5.26 Å². The summed E-state index contributed by atoms with van der Waals surface area (Å²) in [5, 5.41) is 12.5. The third-order valence-electron chi connectivity index (χ3n) is 4.36. The molecule has 3 rings (SSSR count). The van der Waals surface area contributed by atoms with Crippen LogP contribution in [0.2, 0.25) is 0 Å². The molecule has 0 bridgehead atoms. The first-order valence-corrected chi connectivity index (χ1v) is 7.22. The zero-order valence-corrected chi connectivity index (χ0v) is 11.7. The number of benzene rings is 1. The Labute approximate surface area is 124 Å². The summed E-state index contributed by atoms with van der Waals surface area (Å²) >= 11 is 0. The van der Waals surface area contributed by atoms with E-state index in [0.717, 1.165) is 0 Å². The summed E-state index contributed by atoms with van der Waals surface area (Å²) in [6, 6.07) is 9.39. The Balaban J connectivity index is 1.80. The van der Waals surface area contributed by atoms with Gasteiger partial charge in [-0.15, -0.1) is 6.42 Å². The van der Waals surface area contributed by atoms with Gasteiger partial charge in [0.1, 0.15) is 6.04 Å². The van der Waals surface area contributed by atoms with Crippen molar-refractivity contribution in [2.45, 2.75) is 43.9 Å². The quantitative estimate of drug-likeness (QED) is 0.786. The smallest absolute Gasteiger partial charge is 0.242 e. The van der Waals surface area contributed by atoms with Crippen LogP contribution in [0.5, 0.6) is 0 Å². The van der Waals surface area contributed by atoms with E-state index in [2.05, 4.69) is 29.4 Å². The first-order chi connectivity index (χ1) is 10.2. The summed E-state index contributed by atoms with van der Waals surface area (Å²) in [6.45, 7) is 0.679. The lowest BCUT2D eigenvalue weighted by Crippen LogP contribution is -2.52. The predicted molar refractivity (Wildman–Crippen MR) is 78.9 cm³/mol. The highest BCUT2D eigenvalue weighted by molar-refractivity contribution is 5.84. The minimum Gasteiger partial charge on any atom is -0.311 e. The summed E-state index contributed by atoms with van der Waals surface area (Å²) in [4.78, 5) is 14.4. The molecule has 3 atom stereocenters. The zero-order valence-electron chi connectivity index (χ0n) is 11.7. The number of likely N-dealkylation sites (tertiary alicyclic amines) is 1. The average Bonchev–Trinajstić information content (AvgIpc) is 2.96. The van der Waals surface area contributed by atoms with Gasteiger partial charge >= 0.3 is 0 Å². The third-order valence-corrected chi connectivity index (χ3v) is 4.36. The van der Waals surface area contributed by atoms with Crippen molar-refractivity contribution >= 4 is 5.91 Å². The molecule has 0 spiro atoms. The molecule has 4 nitrogen and oxygen atoms in total. The van der Waals surface area contributed by atoms with Crippen LogP contribution < -0.4 is 5.32 Å². The van der Waals surface area contributed by atoms with Gasteiger partial charge in [-0.2, -0.15) is 5.26 Å². The molecule has 0 radical (unpaired) electrons. The topological polar surface area (TPSA) is 56.1 Å². The highest BCUT2D eigenvalue weighted by Gasteiger charge is 2.39. The summed E-state index contributed by atoms with van der Waals surface area (Å²) < 4.78 is 0. The molecule has 1 saturated heterocycles. The van der Waals surface area contributed by atoms with Crippen molar-refractivity contribution < 1.29 is 4.79 Å². The van der Waals surface area contributed by atoms with E-state index in [1.54, 1.807) is 4.90 Å². The molecule has 2 aliphatic heterocycles. The Morgan fingerprint density at radius 1 is 1.29 bits per heavy atom. The summed E-state index contributed by atoms with van der Waals surface area (Å²) in [6.07, 6.45) is 7.54. The van der Waals surface area contributed by atoms with Gasteiger partial charge in [-0.05, 0) is 30.4 Å². The van der Waals surface area contributed by atoms with Gasteiger partial charge < -0.3 is 10.2 Å². The predicted octanol–water partition coefficient (Wildman–Crippen LogP) is 1.22. The van der Waals surface area contributed by atoms with Gasteiger partial charge in [0.05, 0.1) is 18.2 Å². The molecule has 4 heteroatoms. The molecule has 1 N–H and O–H groups in total. The number of carbonyl (C=O) groups excluding carboxylic acids is 1. The van der Waals surface area contributed by atoms with Crippen LogP contribution in [-0.2, 0) is 17.8 Å². The Kier molecular flexibility index (Phi) is 3.64. The van der Waals surface area contributed by atoms with Crippen LogP contribution in [0.1, 0.15) is 24.0 Å². The second-order valence-electron chi connectivity index (χ2n) is 5.56. The maximum atomic E-state index is 12.8. The molecule has 1 fully saturated rings. The van der Waals surface area contributed by atoms with Gasteiger partial charge in [0.15, 0.2) is 0 Å². The van der Waals surface area contributed by atoms with Crippen LogP contribution in [0, 0.1) is 23.7 Å². The molecule has 106 valence electrons. The van der Waals surface area contributed by atoms with Crippen LogP contribution in [0.25, 0.3) is 0 Å². The molecule has 1 amide bonds. The second-order valence-corrected chi connectivity index (χ2v) is 5.56. The van der Waals surface area contributed by atoms with E-state index in [4.69, 9.17) is 6.42 Å². The molecule has 21 heavy (non-hydrogen) atoms. The minimum absolute atomic E-state index is 0.0449. The molecular formula is C17H17N3O. The standard InChI is InChI=1S/C17H17N3O/c1-2-14-7-8-15(10-18)20(14)17(21)16-9-12-5-3-4-6-13(12)11-19-16/h1,3-6,14-16,19H,7-9,11H2/t14-,15+,16?/m1/s1. The summed E-state index contributed by atoms with van der Waals surface area (Å²) in [5.74, 6) is 2.60. The van der Waals surface area contributed by atoms with Crippen molar-refractivity contribution in [3.8, 4) is 18.4 Å². The van der Waals surface area contributed by atoms with E-state index >= 15 is 0 Å². The summed E-state index contributed by atoms with van der Waals surface area (Å²) in [7, 11) is 0. The van der Waals surface area contributed by atoms with Gasteiger partial charge in [-0.3, -0.25) is 4.79 Å². The first kappa shape index (κ1) is 13.7. The van der Waals surface area contributed by atoms with Crippen LogP contribution in [0.3, 0.4) is 0 Å². The third kappa shape index (κ3) is 2.39. The summed E-state index contributed by atoms with van der Waals surface area (Å²) in [5.41, 5.74) is 2.42. The number of hydrogen-bond donors (Lipinski definition) is 1. The molecule has 2 aliphatic rings. The van der Waals surface area contributed by atoms with E-state index in [-0.39, 0.29) is 18.0 Å². The largest absolute Gasteiger partial charge is 0.311 e. The van der Waals surface area contributed by atoms with Crippen LogP contribution in [-0.4, -0.2) is 28.9 Å². The number of hydrogen-bond acceptors (Lipinski definition) is 3. The Morgan fingerprint density at radius 3 is 2.71 bits per heavy atom. The highest BCUT2D eigenvalue weighted by atomic mass is 16.2. The van der Waals surface area contributed by atoms with E-state index in [1.807, 2.05) is 12.1 Å². The number of nitrogens with one attached hydrogen (secondary N) is 1. The van der Waals surface area contributed by atoms with Crippen LogP contribution in [0.4, 0.5) is 0 Å². The lowest BCUT2D eigenvalue weighted by molar-refractivity contribution is -0.134. The number of nitrogens with zero attached hydrogens (tertiary/aromatic N) is 2. The second kappa shape index (κ2) is 5.60. The van der Waals surface area contributed by atoms with Crippen molar-refractivity contribution in [3.63, 3.8) is 0 Å². The van der Waals surface area contributed by atoms with Crippen molar-refractivity contribution in [1.82, 2.24) is 10.2 Å². The number of amides is 1. The number of terminal acetylenes is 1. The molecule has 1 aromatic rings. The van der Waals surface area contributed by atoms with Gasteiger partial charge in [-0.25, -0.2) is 0 Å². The van der Waals surface area contributed by atoms with E-state index in [1.165, 1.54) is 11.1 Å². The Bertz CT molecular complexity index is 618. The zero-order chi connectivity index (χ0) is 14.8. The molecule has 1 aromatic carbocycles. The highest BCUT2D eigenvalue weighted by Crippen LogP contribution is 2.26. The van der Waals surface area contributed by atoms with Gasteiger partial charge in [0.2, 0.25) is 5.91 Å². The lowest BCUT2D eigenvalue weighted by atomic mass is 9.95. The maximum absolute atomic E-state index is 12.8. The monoisotopic (exact) mass is 279 g/mol. The molecule has 0 aromatic heterocycles. The van der Waals surface area contributed by atoms with Crippen molar-refractivity contribution in [2.75, 3.05) is 0 Å². The fourth-order valence-corrected chi connectivity index (χ4v) is 3.22. The minimum atomic E-state index is -0.391. The number of nitriles is 1. The fourth-order valence-electron chi connectivity index (χ4n) is 3.22. The molecular weight excluding hydrogens is 262 g/mol. The maximum Gasteiger partial charge on any atom is 0.242 e. The van der Waals surface area contributed by atoms with Crippen LogP contribution in [0.15, 0.2) is 24.3 Å². The van der Waals surface area contributed by atoms with Gasteiger partial charge in [0.25, 0.3) is 0 Å². The number of carbonyl (C=O) groups is 1. The Morgan fingerprint density at radius 2 is 2.00 bits per heavy atom. The molecule has 1 unspecified atom stereocenters.